The lowest BCUT2D eigenvalue weighted by molar-refractivity contribution is -0.0822. The number of aliphatic hydroxyl groups is 1. The van der Waals surface area contributed by atoms with Gasteiger partial charge in [-0.1, -0.05) is 51.5 Å². The summed E-state index contributed by atoms with van der Waals surface area (Å²) in [5.41, 5.74) is 2.31. The van der Waals surface area contributed by atoms with Gasteiger partial charge in [-0.25, -0.2) is 0 Å². The Morgan fingerprint density at radius 2 is 1.90 bits per heavy atom. The van der Waals surface area contributed by atoms with Crippen molar-refractivity contribution in [1.82, 2.24) is 0 Å². The topological polar surface area (TPSA) is 20.2 Å². The molecule has 3 saturated carbocycles. The molecule has 1 N–H and O–H groups in total. The van der Waals surface area contributed by atoms with Gasteiger partial charge in [-0.3, -0.25) is 0 Å². The zero-order chi connectivity index (χ0) is 21.7. The van der Waals surface area contributed by atoms with Crippen LogP contribution in [0.15, 0.2) is 23.8 Å². The van der Waals surface area contributed by atoms with E-state index in [4.69, 9.17) is 0 Å². The standard InChI is InChI=1S/C29H48O/c1-7-21(16-19(2)3)17-20(4)25-10-11-26-24-9-8-22-18-23(30)12-14-28(22,5)27(24)13-15-29(25,26)6/h13,15-16,20-27,30H,7-12,14,17-18H2,1-6H3. The van der Waals surface area contributed by atoms with Crippen LogP contribution in [0, 0.1) is 52.3 Å². The van der Waals surface area contributed by atoms with E-state index in [1.807, 2.05) is 0 Å². The van der Waals surface area contributed by atoms with E-state index in [0.29, 0.717) is 10.8 Å². The van der Waals surface area contributed by atoms with E-state index in [1.165, 1.54) is 50.5 Å². The van der Waals surface area contributed by atoms with E-state index < -0.39 is 0 Å². The smallest absolute Gasteiger partial charge is 0.0543 e. The van der Waals surface area contributed by atoms with Gasteiger partial charge in [-0.05, 0) is 124 Å². The van der Waals surface area contributed by atoms with Crippen LogP contribution in [-0.4, -0.2) is 11.2 Å². The number of fused-ring (bicyclic) bond motifs is 5. The molecule has 3 fully saturated rings. The summed E-state index contributed by atoms with van der Waals surface area (Å²) >= 11 is 0. The zero-order valence-electron chi connectivity index (χ0n) is 20.7. The van der Waals surface area contributed by atoms with Crippen LogP contribution >= 0.6 is 0 Å². The van der Waals surface area contributed by atoms with Crippen molar-refractivity contribution in [2.24, 2.45) is 52.3 Å². The van der Waals surface area contributed by atoms with E-state index in [2.05, 4.69) is 59.8 Å². The monoisotopic (exact) mass is 412 g/mol. The Hall–Kier alpha value is -0.560. The summed E-state index contributed by atoms with van der Waals surface area (Å²) in [5, 5.41) is 10.3. The van der Waals surface area contributed by atoms with E-state index in [9.17, 15) is 5.11 Å². The lowest BCUT2D eigenvalue weighted by Gasteiger charge is -2.59. The molecule has 0 radical (unpaired) electrons. The Balaban J connectivity index is 1.54. The maximum absolute atomic E-state index is 10.3. The van der Waals surface area contributed by atoms with Gasteiger partial charge in [0, 0.05) is 0 Å². The van der Waals surface area contributed by atoms with Gasteiger partial charge in [0.1, 0.15) is 0 Å². The van der Waals surface area contributed by atoms with Gasteiger partial charge in [-0.15, -0.1) is 0 Å². The molecule has 0 spiro atoms. The summed E-state index contributed by atoms with van der Waals surface area (Å²) < 4.78 is 0. The quantitative estimate of drug-likeness (QED) is 0.457. The fraction of sp³-hybridized carbons (Fsp3) is 0.862. The molecule has 0 aliphatic heterocycles. The normalized spacial score (nSPS) is 47.0. The van der Waals surface area contributed by atoms with Crippen LogP contribution in [0.4, 0.5) is 0 Å². The van der Waals surface area contributed by atoms with Gasteiger partial charge >= 0.3 is 0 Å². The van der Waals surface area contributed by atoms with E-state index in [-0.39, 0.29) is 6.10 Å². The van der Waals surface area contributed by atoms with E-state index >= 15 is 0 Å². The Morgan fingerprint density at radius 1 is 1.13 bits per heavy atom. The third-order valence-corrected chi connectivity index (χ3v) is 10.6. The highest BCUT2D eigenvalue weighted by molar-refractivity contribution is 5.21. The highest BCUT2D eigenvalue weighted by atomic mass is 16.3. The number of hydrogen-bond acceptors (Lipinski definition) is 1. The van der Waals surface area contributed by atoms with Crippen LogP contribution in [0.5, 0.6) is 0 Å². The summed E-state index contributed by atoms with van der Waals surface area (Å²) in [6.07, 6.45) is 19.5. The molecule has 1 heteroatoms. The van der Waals surface area contributed by atoms with Crippen molar-refractivity contribution in [2.45, 2.75) is 105 Å². The molecule has 0 aromatic carbocycles. The maximum Gasteiger partial charge on any atom is 0.0543 e. The molecular formula is C29H48O. The van der Waals surface area contributed by atoms with Crippen molar-refractivity contribution < 1.29 is 5.11 Å². The Kier molecular flexibility index (Phi) is 6.35. The molecule has 170 valence electrons. The minimum absolute atomic E-state index is 0.0403. The van der Waals surface area contributed by atoms with Gasteiger partial charge in [0.25, 0.3) is 0 Å². The molecule has 0 bridgehead atoms. The molecule has 1 nitrogen and oxygen atoms in total. The lowest BCUT2D eigenvalue weighted by atomic mass is 9.46. The molecule has 10 unspecified atom stereocenters. The first-order valence-corrected chi connectivity index (χ1v) is 13.2. The minimum atomic E-state index is -0.0403. The van der Waals surface area contributed by atoms with Crippen molar-refractivity contribution in [2.75, 3.05) is 0 Å². The average Bonchev–Trinajstić information content (AvgIpc) is 3.05. The number of allylic oxidation sites excluding steroid dienone is 4. The van der Waals surface area contributed by atoms with Crippen LogP contribution in [0.25, 0.3) is 0 Å². The molecule has 0 saturated heterocycles. The molecule has 4 aliphatic rings. The first-order chi connectivity index (χ1) is 14.2. The molecule has 30 heavy (non-hydrogen) atoms. The lowest BCUT2D eigenvalue weighted by Crippen LogP contribution is -2.52. The van der Waals surface area contributed by atoms with Gasteiger partial charge < -0.3 is 5.11 Å². The summed E-state index contributed by atoms with van der Waals surface area (Å²) in [6, 6.07) is 0. The molecule has 4 rings (SSSR count). The zero-order valence-corrected chi connectivity index (χ0v) is 20.7. The average molecular weight is 413 g/mol. The second-order valence-electron chi connectivity index (χ2n) is 12.5. The fourth-order valence-electron chi connectivity index (χ4n) is 9.01. The van der Waals surface area contributed by atoms with Gasteiger partial charge in [0.2, 0.25) is 0 Å². The van der Waals surface area contributed by atoms with Crippen molar-refractivity contribution in [3.63, 3.8) is 0 Å². The Bertz CT molecular complexity index is 672. The van der Waals surface area contributed by atoms with Crippen molar-refractivity contribution in [1.29, 1.82) is 0 Å². The molecular weight excluding hydrogens is 364 g/mol. The van der Waals surface area contributed by atoms with Crippen molar-refractivity contribution in [3.05, 3.63) is 23.8 Å². The van der Waals surface area contributed by atoms with Crippen molar-refractivity contribution in [3.8, 4) is 0 Å². The van der Waals surface area contributed by atoms with Crippen LogP contribution in [0.1, 0.15) is 99.3 Å². The summed E-state index contributed by atoms with van der Waals surface area (Å²) in [5.74, 6) is 5.65. The van der Waals surface area contributed by atoms with Crippen molar-refractivity contribution >= 4 is 0 Å². The molecule has 0 aromatic heterocycles. The molecule has 0 aromatic rings. The summed E-state index contributed by atoms with van der Waals surface area (Å²) in [7, 11) is 0. The molecule has 0 heterocycles. The first-order valence-electron chi connectivity index (χ1n) is 13.2. The summed E-state index contributed by atoms with van der Waals surface area (Å²) in [4.78, 5) is 0. The first kappa shape index (κ1) is 22.6. The highest BCUT2D eigenvalue weighted by Gasteiger charge is 2.58. The molecule has 10 atom stereocenters. The van der Waals surface area contributed by atoms with Crippen LogP contribution in [0.3, 0.4) is 0 Å². The third-order valence-electron chi connectivity index (χ3n) is 10.6. The SMILES string of the molecule is CCC(C=C(C)C)CC(C)C1CCC2C3CCC4CC(O)CCC4(C)C3C=CC12C. The van der Waals surface area contributed by atoms with Gasteiger partial charge in [-0.2, -0.15) is 0 Å². The summed E-state index contributed by atoms with van der Waals surface area (Å²) in [6.45, 7) is 14.6. The Labute approximate surface area is 186 Å². The van der Waals surface area contributed by atoms with Gasteiger partial charge in [0.15, 0.2) is 0 Å². The number of hydrogen-bond donors (Lipinski definition) is 1. The Morgan fingerprint density at radius 3 is 2.60 bits per heavy atom. The van der Waals surface area contributed by atoms with E-state index in [0.717, 1.165) is 54.3 Å². The molecule has 0 amide bonds. The minimum Gasteiger partial charge on any atom is -0.393 e. The number of aliphatic hydroxyl groups excluding tert-OH is 1. The maximum atomic E-state index is 10.3. The molecule has 4 aliphatic carbocycles. The predicted molar refractivity (Wildman–Crippen MR) is 128 cm³/mol. The second-order valence-corrected chi connectivity index (χ2v) is 12.5. The fourth-order valence-corrected chi connectivity index (χ4v) is 9.01. The highest BCUT2D eigenvalue weighted by Crippen LogP contribution is 2.66. The van der Waals surface area contributed by atoms with Gasteiger partial charge in [0.05, 0.1) is 6.10 Å². The predicted octanol–water partition coefficient (Wildman–Crippen LogP) is 7.80. The van der Waals surface area contributed by atoms with Crippen LogP contribution < -0.4 is 0 Å². The third kappa shape index (κ3) is 3.76. The van der Waals surface area contributed by atoms with Crippen LogP contribution in [-0.2, 0) is 0 Å². The largest absolute Gasteiger partial charge is 0.393 e. The van der Waals surface area contributed by atoms with Crippen LogP contribution in [0.2, 0.25) is 0 Å². The second kappa shape index (κ2) is 8.42. The van der Waals surface area contributed by atoms with E-state index in [1.54, 1.807) is 0 Å². The number of rotatable bonds is 5.